The van der Waals surface area contributed by atoms with Crippen LogP contribution in [0.1, 0.15) is 39.0 Å². The second kappa shape index (κ2) is 9.12. The summed E-state index contributed by atoms with van der Waals surface area (Å²) in [7, 11) is -4.06. The summed E-state index contributed by atoms with van der Waals surface area (Å²) >= 11 is 0. The van der Waals surface area contributed by atoms with Gasteiger partial charge in [0.05, 0.1) is 11.0 Å². The predicted molar refractivity (Wildman–Crippen MR) is 96.7 cm³/mol. The number of nitriles is 1. The summed E-state index contributed by atoms with van der Waals surface area (Å²) in [5.74, 6) is -2.16. The van der Waals surface area contributed by atoms with Crippen molar-refractivity contribution in [2.45, 2.75) is 55.5 Å². The van der Waals surface area contributed by atoms with E-state index in [1.165, 1.54) is 6.92 Å². The zero-order valence-electron chi connectivity index (χ0n) is 15.4. The number of halogens is 1. The first kappa shape index (κ1) is 21.8. The molecule has 1 atom stereocenters. The number of benzene rings is 1. The number of hydrogen-bond acceptors (Lipinski definition) is 6. The van der Waals surface area contributed by atoms with Crippen LogP contribution < -0.4 is 10.0 Å². The highest BCUT2D eigenvalue weighted by atomic mass is 32.2. The summed E-state index contributed by atoms with van der Waals surface area (Å²) in [5.41, 5.74) is -0.947. The van der Waals surface area contributed by atoms with Crippen LogP contribution in [0.5, 0.6) is 0 Å². The number of ether oxygens (including phenoxy) is 1. The van der Waals surface area contributed by atoms with Gasteiger partial charge in [0.1, 0.15) is 17.4 Å². The molecular weight excluding hydrogens is 389 g/mol. The monoisotopic (exact) mass is 411 g/mol. The smallest absolute Gasteiger partial charge is 0.324 e. The van der Waals surface area contributed by atoms with Crippen molar-refractivity contribution in [1.29, 1.82) is 5.26 Å². The predicted octanol–water partition coefficient (Wildman–Crippen LogP) is 1.38. The highest BCUT2D eigenvalue weighted by Crippen LogP contribution is 2.27. The molecular formula is C18H22FN3O5S. The van der Waals surface area contributed by atoms with Gasteiger partial charge in [-0.1, -0.05) is 19.3 Å². The fraction of sp³-hybridized carbons (Fsp3) is 0.500. The molecule has 2 N–H and O–H groups in total. The van der Waals surface area contributed by atoms with Crippen LogP contribution in [-0.4, -0.2) is 38.5 Å². The molecule has 10 heteroatoms. The van der Waals surface area contributed by atoms with Gasteiger partial charge in [0.25, 0.3) is 5.91 Å². The van der Waals surface area contributed by atoms with Crippen LogP contribution >= 0.6 is 0 Å². The Hall–Kier alpha value is -2.51. The molecule has 0 saturated heterocycles. The number of sulfonamides is 1. The van der Waals surface area contributed by atoms with Crippen molar-refractivity contribution in [3.8, 4) is 6.07 Å². The molecule has 0 radical (unpaired) electrons. The Morgan fingerprint density at radius 1 is 1.25 bits per heavy atom. The Kier molecular flexibility index (Phi) is 7.10. The van der Waals surface area contributed by atoms with Crippen LogP contribution in [0.25, 0.3) is 0 Å². The first-order valence-electron chi connectivity index (χ1n) is 8.84. The van der Waals surface area contributed by atoms with Crippen LogP contribution in [-0.2, 0) is 24.3 Å². The number of rotatable bonds is 7. The van der Waals surface area contributed by atoms with E-state index in [1.54, 1.807) is 0 Å². The van der Waals surface area contributed by atoms with Gasteiger partial charge in [0, 0.05) is 0 Å². The third kappa shape index (κ3) is 5.74. The summed E-state index contributed by atoms with van der Waals surface area (Å²) in [6.45, 7) is 0.643. The fourth-order valence-electron chi connectivity index (χ4n) is 2.95. The molecule has 0 bridgehead atoms. The van der Waals surface area contributed by atoms with E-state index in [2.05, 4.69) is 16.1 Å². The average molecular weight is 411 g/mol. The van der Waals surface area contributed by atoms with Crippen molar-refractivity contribution in [1.82, 2.24) is 10.0 Å². The van der Waals surface area contributed by atoms with Gasteiger partial charge in [-0.05, 0) is 44.0 Å². The number of carbonyl (C=O) groups is 2. The van der Waals surface area contributed by atoms with E-state index in [0.29, 0.717) is 12.8 Å². The highest BCUT2D eigenvalue weighted by Gasteiger charge is 2.34. The van der Waals surface area contributed by atoms with Crippen molar-refractivity contribution < 1.29 is 27.1 Å². The van der Waals surface area contributed by atoms with Gasteiger partial charge in [-0.15, -0.1) is 0 Å². The molecule has 0 unspecified atom stereocenters. The number of carbonyl (C=O) groups excluding carboxylic acids is 2. The normalized spacial score (nSPS) is 17.2. The Morgan fingerprint density at radius 2 is 1.86 bits per heavy atom. The van der Waals surface area contributed by atoms with Crippen molar-refractivity contribution in [2.75, 3.05) is 6.61 Å². The molecule has 0 spiro atoms. The van der Waals surface area contributed by atoms with E-state index in [-0.39, 0.29) is 4.90 Å². The fourth-order valence-corrected chi connectivity index (χ4v) is 4.14. The van der Waals surface area contributed by atoms with Crippen molar-refractivity contribution >= 4 is 21.9 Å². The SMILES string of the molecule is C[C@H](NS(=O)(=O)c1ccc(F)cc1)C(=O)OCC(=O)NC1(C#N)CCCCC1. The standard InChI is InChI=1S/C18H22FN3O5S/c1-13(22-28(25,26)15-7-5-14(19)6-8-15)17(24)27-11-16(23)21-18(12-20)9-3-2-4-10-18/h5-8,13,22H,2-4,9-11H2,1H3,(H,21,23)/t13-/m0/s1. The Morgan fingerprint density at radius 3 is 2.43 bits per heavy atom. The van der Waals surface area contributed by atoms with Crippen molar-refractivity contribution in [3.05, 3.63) is 30.1 Å². The molecule has 0 heterocycles. The van der Waals surface area contributed by atoms with Gasteiger partial charge in [-0.25, -0.2) is 12.8 Å². The van der Waals surface area contributed by atoms with E-state index in [4.69, 9.17) is 4.74 Å². The maximum atomic E-state index is 12.9. The van der Waals surface area contributed by atoms with Crippen LogP contribution in [0.3, 0.4) is 0 Å². The van der Waals surface area contributed by atoms with E-state index < -0.39 is 45.9 Å². The number of nitrogens with one attached hydrogen (secondary N) is 2. The largest absolute Gasteiger partial charge is 0.454 e. The molecule has 152 valence electrons. The van der Waals surface area contributed by atoms with Gasteiger partial charge in [0.15, 0.2) is 6.61 Å². The molecule has 1 fully saturated rings. The molecule has 8 nitrogen and oxygen atoms in total. The number of hydrogen-bond donors (Lipinski definition) is 2. The molecule has 0 aliphatic heterocycles. The minimum Gasteiger partial charge on any atom is -0.454 e. The molecule has 28 heavy (non-hydrogen) atoms. The van der Waals surface area contributed by atoms with Crippen molar-refractivity contribution in [3.63, 3.8) is 0 Å². The average Bonchev–Trinajstić information content (AvgIpc) is 2.66. The first-order valence-corrected chi connectivity index (χ1v) is 10.3. The number of nitrogens with zero attached hydrogens (tertiary/aromatic N) is 1. The third-order valence-electron chi connectivity index (χ3n) is 4.45. The molecule has 1 aromatic carbocycles. The summed E-state index contributed by atoms with van der Waals surface area (Å²) in [4.78, 5) is 23.8. The molecule has 1 aliphatic carbocycles. The maximum absolute atomic E-state index is 12.9. The Bertz CT molecular complexity index is 858. The molecule has 1 amide bonds. The minimum atomic E-state index is -4.06. The molecule has 2 rings (SSSR count). The highest BCUT2D eigenvalue weighted by molar-refractivity contribution is 7.89. The van der Waals surface area contributed by atoms with Crippen LogP contribution in [0.4, 0.5) is 4.39 Å². The van der Waals surface area contributed by atoms with Crippen LogP contribution in [0, 0.1) is 17.1 Å². The van der Waals surface area contributed by atoms with E-state index in [0.717, 1.165) is 43.5 Å². The van der Waals surface area contributed by atoms with Gasteiger partial charge in [-0.3, -0.25) is 9.59 Å². The summed E-state index contributed by atoms with van der Waals surface area (Å²) in [6.07, 6.45) is 3.74. The summed E-state index contributed by atoms with van der Waals surface area (Å²) in [5, 5.41) is 11.9. The Balaban J connectivity index is 1.87. The van der Waals surface area contributed by atoms with Crippen LogP contribution in [0.15, 0.2) is 29.2 Å². The summed E-state index contributed by atoms with van der Waals surface area (Å²) < 4.78 is 44.2. The maximum Gasteiger partial charge on any atom is 0.324 e. The number of amides is 1. The zero-order chi connectivity index (χ0) is 20.8. The lowest BCUT2D eigenvalue weighted by atomic mass is 9.83. The third-order valence-corrected chi connectivity index (χ3v) is 6.01. The lowest BCUT2D eigenvalue weighted by Gasteiger charge is -2.31. The first-order chi connectivity index (χ1) is 13.2. The zero-order valence-corrected chi connectivity index (χ0v) is 16.2. The van der Waals surface area contributed by atoms with Crippen LogP contribution in [0.2, 0.25) is 0 Å². The molecule has 1 saturated carbocycles. The van der Waals surface area contributed by atoms with Gasteiger partial charge < -0.3 is 10.1 Å². The van der Waals surface area contributed by atoms with E-state index >= 15 is 0 Å². The summed E-state index contributed by atoms with van der Waals surface area (Å²) in [6, 6.07) is 4.96. The Labute approximate surface area is 163 Å². The van der Waals surface area contributed by atoms with Gasteiger partial charge in [0.2, 0.25) is 10.0 Å². The second-order valence-electron chi connectivity index (χ2n) is 6.71. The van der Waals surface area contributed by atoms with E-state index in [9.17, 15) is 27.7 Å². The quantitative estimate of drug-likeness (QED) is 0.653. The minimum absolute atomic E-state index is 0.209. The topological polar surface area (TPSA) is 125 Å². The van der Waals surface area contributed by atoms with Crippen molar-refractivity contribution in [2.24, 2.45) is 0 Å². The lowest BCUT2D eigenvalue weighted by Crippen LogP contribution is -2.50. The molecule has 1 aliphatic rings. The number of esters is 1. The lowest BCUT2D eigenvalue weighted by molar-refractivity contribution is -0.150. The molecule has 0 aromatic heterocycles. The van der Waals surface area contributed by atoms with Gasteiger partial charge in [-0.2, -0.15) is 9.98 Å². The second-order valence-corrected chi connectivity index (χ2v) is 8.42. The van der Waals surface area contributed by atoms with Gasteiger partial charge >= 0.3 is 5.97 Å². The van der Waals surface area contributed by atoms with E-state index in [1.807, 2.05) is 0 Å². The molecule has 1 aromatic rings.